The van der Waals surface area contributed by atoms with Crippen LogP contribution >= 0.6 is 0 Å². The largest absolute Gasteiger partial charge is 0.409 e. The van der Waals surface area contributed by atoms with Gasteiger partial charge in [0.15, 0.2) is 5.84 Å². The second-order valence-corrected chi connectivity index (χ2v) is 5.14. The summed E-state index contributed by atoms with van der Waals surface area (Å²) in [6.07, 6.45) is 0.661. The molecule has 0 radical (unpaired) electrons. The Morgan fingerprint density at radius 1 is 1.35 bits per heavy atom. The van der Waals surface area contributed by atoms with Crippen molar-refractivity contribution in [3.05, 3.63) is 35.4 Å². The second-order valence-electron chi connectivity index (χ2n) is 5.14. The molecular formula is C14H22N4O2. The topological polar surface area (TPSA) is 114 Å². The molecule has 20 heavy (non-hydrogen) atoms. The van der Waals surface area contributed by atoms with Gasteiger partial charge in [-0.2, -0.15) is 0 Å². The van der Waals surface area contributed by atoms with Gasteiger partial charge in [0.05, 0.1) is 6.04 Å². The summed E-state index contributed by atoms with van der Waals surface area (Å²) in [4.78, 5) is 11.8. The van der Waals surface area contributed by atoms with E-state index in [9.17, 15) is 4.79 Å². The first-order valence-electron chi connectivity index (χ1n) is 6.54. The molecule has 0 spiro atoms. The Kier molecular flexibility index (Phi) is 5.99. The summed E-state index contributed by atoms with van der Waals surface area (Å²) in [6, 6.07) is 6.59. The molecule has 1 aromatic rings. The third-order valence-corrected chi connectivity index (χ3v) is 2.89. The van der Waals surface area contributed by atoms with Crippen LogP contribution in [0.2, 0.25) is 0 Å². The minimum atomic E-state index is -0.480. The maximum absolute atomic E-state index is 11.8. The zero-order valence-corrected chi connectivity index (χ0v) is 11.8. The van der Waals surface area contributed by atoms with Crippen molar-refractivity contribution in [2.75, 3.05) is 0 Å². The lowest BCUT2D eigenvalue weighted by molar-refractivity contribution is -0.122. The third-order valence-electron chi connectivity index (χ3n) is 2.89. The molecule has 0 unspecified atom stereocenters. The highest BCUT2D eigenvalue weighted by Crippen LogP contribution is 2.05. The lowest BCUT2D eigenvalue weighted by atomic mass is 10.0. The van der Waals surface area contributed by atoms with Gasteiger partial charge in [0.1, 0.15) is 0 Å². The van der Waals surface area contributed by atoms with Crippen LogP contribution in [0.15, 0.2) is 29.4 Å². The van der Waals surface area contributed by atoms with Gasteiger partial charge in [-0.15, -0.1) is 0 Å². The van der Waals surface area contributed by atoms with Crippen molar-refractivity contribution in [1.29, 1.82) is 0 Å². The molecular weight excluding hydrogens is 256 g/mol. The molecule has 0 aliphatic carbocycles. The van der Waals surface area contributed by atoms with E-state index in [0.717, 1.165) is 5.56 Å². The maximum Gasteiger partial charge on any atom is 0.237 e. The number of hydrogen-bond donors (Lipinski definition) is 4. The summed E-state index contributed by atoms with van der Waals surface area (Å²) in [7, 11) is 0. The number of nitrogens with zero attached hydrogens (tertiary/aromatic N) is 1. The van der Waals surface area contributed by atoms with Crippen LogP contribution in [-0.4, -0.2) is 23.0 Å². The van der Waals surface area contributed by atoms with Gasteiger partial charge in [-0.3, -0.25) is 4.79 Å². The highest BCUT2D eigenvalue weighted by molar-refractivity contribution is 5.96. The van der Waals surface area contributed by atoms with E-state index < -0.39 is 6.04 Å². The summed E-state index contributed by atoms with van der Waals surface area (Å²) in [6.45, 7) is 4.46. The standard InChI is InChI=1S/C14H22N4O2/c1-9(2)7-12(15)14(19)17-8-10-3-5-11(6-4-10)13(16)18-20/h3-6,9,12,20H,7-8,15H2,1-2H3,(H2,16,18)(H,17,19)/t12-/m0/s1. The number of oxime groups is 1. The van der Waals surface area contributed by atoms with Crippen molar-refractivity contribution in [2.45, 2.75) is 32.9 Å². The average molecular weight is 278 g/mol. The SMILES string of the molecule is CC(C)C[C@H](N)C(=O)NCc1ccc(C(N)=NO)cc1. The molecule has 6 heteroatoms. The summed E-state index contributed by atoms with van der Waals surface area (Å²) in [5.74, 6) is 0.287. The number of rotatable bonds is 6. The number of nitrogens with one attached hydrogen (secondary N) is 1. The van der Waals surface area contributed by atoms with E-state index in [1.54, 1.807) is 12.1 Å². The first-order chi connectivity index (χ1) is 9.43. The summed E-state index contributed by atoms with van der Waals surface area (Å²) >= 11 is 0. The fraction of sp³-hybridized carbons (Fsp3) is 0.429. The van der Waals surface area contributed by atoms with Crippen molar-refractivity contribution in [1.82, 2.24) is 5.32 Å². The fourth-order valence-electron chi connectivity index (χ4n) is 1.79. The van der Waals surface area contributed by atoms with Crippen LogP contribution < -0.4 is 16.8 Å². The van der Waals surface area contributed by atoms with Gasteiger partial charge < -0.3 is 22.0 Å². The first-order valence-corrected chi connectivity index (χ1v) is 6.54. The van der Waals surface area contributed by atoms with Gasteiger partial charge in [0.2, 0.25) is 5.91 Å². The minimum absolute atomic E-state index is 0.0551. The number of amides is 1. The van der Waals surface area contributed by atoms with Gasteiger partial charge in [-0.05, 0) is 17.9 Å². The van der Waals surface area contributed by atoms with Gasteiger partial charge >= 0.3 is 0 Å². The lowest BCUT2D eigenvalue weighted by Gasteiger charge is -2.14. The van der Waals surface area contributed by atoms with Crippen molar-refractivity contribution in [2.24, 2.45) is 22.5 Å². The van der Waals surface area contributed by atoms with Crippen molar-refractivity contribution in [3.8, 4) is 0 Å². The quantitative estimate of drug-likeness (QED) is 0.266. The zero-order valence-electron chi connectivity index (χ0n) is 11.8. The number of nitrogens with two attached hydrogens (primary N) is 2. The van der Waals surface area contributed by atoms with Crippen LogP contribution in [0, 0.1) is 5.92 Å². The molecule has 0 saturated carbocycles. The van der Waals surface area contributed by atoms with Crippen molar-refractivity contribution >= 4 is 11.7 Å². The predicted molar refractivity (Wildman–Crippen MR) is 78.2 cm³/mol. The Labute approximate surface area is 118 Å². The van der Waals surface area contributed by atoms with Crippen molar-refractivity contribution in [3.63, 3.8) is 0 Å². The Bertz CT molecular complexity index is 469. The molecule has 0 fully saturated rings. The Balaban J connectivity index is 2.52. The normalized spacial score (nSPS) is 13.3. The number of hydrogen-bond acceptors (Lipinski definition) is 4. The van der Waals surface area contributed by atoms with E-state index in [-0.39, 0.29) is 11.7 Å². The fourth-order valence-corrected chi connectivity index (χ4v) is 1.79. The number of carbonyl (C=O) groups is 1. The lowest BCUT2D eigenvalue weighted by Crippen LogP contribution is -2.41. The first kappa shape index (κ1) is 16.0. The molecule has 0 saturated heterocycles. The van der Waals surface area contributed by atoms with E-state index >= 15 is 0 Å². The average Bonchev–Trinajstić information content (AvgIpc) is 2.43. The van der Waals surface area contributed by atoms with Gasteiger partial charge in [0, 0.05) is 12.1 Å². The Morgan fingerprint density at radius 2 is 1.95 bits per heavy atom. The molecule has 0 bridgehead atoms. The molecule has 1 atom stereocenters. The number of amidine groups is 1. The van der Waals surface area contributed by atoms with E-state index in [0.29, 0.717) is 24.4 Å². The smallest absolute Gasteiger partial charge is 0.237 e. The van der Waals surface area contributed by atoms with E-state index in [1.807, 2.05) is 26.0 Å². The highest BCUT2D eigenvalue weighted by atomic mass is 16.4. The zero-order chi connectivity index (χ0) is 15.1. The molecule has 6 N–H and O–H groups in total. The van der Waals surface area contributed by atoms with Gasteiger partial charge in [-0.25, -0.2) is 0 Å². The summed E-state index contributed by atoms with van der Waals surface area (Å²) < 4.78 is 0. The van der Waals surface area contributed by atoms with Crippen LogP contribution in [0.3, 0.4) is 0 Å². The summed E-state index contributed by atoms with van der Waals surface area (Å²) in [5.41, 5.74) is 12.8. The van der Waals surface area contributed by atoms with E-state index in [2.05, 4.69) is 10.5 Å². The van der Waals surface area contributed by atoms with Crippen LogP contribution in [0.1, 0.15) is 31.4 Å². The monoisotopic (exact) mass is 278 g/mol. The van der Waals surface area contributed by atoms with E-state index in [4.69, 9.17) is 16.7 Å². The highest BCUT2D eigenvalue weighted by Gasteiger charge is 2.14. The molecule has 110 valence electrons. The summed E-state index contributed by atoms with van der Waals surface area (Å²) in [5, 5.41) is 14.3. The minimum Gasteiger partial charge on any atom is -0.409 e. The van der Waals surface area contributed by atoms with Gasteiger partial charge in [0.25, 0.3) is 0 Å². The van der Waals surface area contributed by atoms with Gasteiger partial charge in [-0.1, -0.05) is 43.3 Å². The molecule has 1 aromatic carbocycles. The number of benzene rings is 1. The van der Waals surface area contributed by atoms with Crippen molar-refractivity contribution < 1.29 is 10.0 Å². The molecule has 1 rings (SSSR count). The van der Waals surface area contributed by atoms with E-state index in [1.165, 1.54) is 0 Å². The van der Waals surface area contributed by atoms with Crippen LogP contribution in [0.5, 0.6) is 0 Å². The third kappa shape index (κ3) is 4.89. The molecule has 0 heterocycles. The van der Waals surface area contributed by atoms with Crippen LogP contribution in [-0.2, 0) is 11.3 Å². The molecule has 0 aliphatic rings. The Morgan fingerprint density at radius 3 is 2.45 bits per heavy atom. The molecule has 6 nitrogen and oxygen atoms in total. The molecule has 1 amide bonds. The maximum atomic E-state index is 11.8. The molecule has 0 aliphatic heterocycles. The predicted octanol–water partition coefficient (Wildman–Crippen LogP) is 0.771. The Hall–Kier alpha value is -2.08. The second kappa shape index (κ2) is 7.49. The molecule has 0 aromatic heterocycles. The number of carbonyl (C=O) groups excluding carboxylic acids is 1. The van der Waals surface area contributed by atoms with Crippen LogP contribution in [0.4, 0.5) is 0 Å². The van der Waals surface area contributed by atoms with Crippen LogP contribution in [0.25, 0.3) is 0 Å².